The fourth-order valence-corrected chi connectivity index (χ4v) is 1.28. The van der Waals surface area contributed by atoms with Crippen LogP contribution in [-0.2, 0) is 4.79 Å². The van der Waals surface area contributed by atoms with Crippen molar-refractivity contribution >= 4 is 17.3 Å². The van der Waals surface area contributed by atoms with Gasteiger partial charge in [0, 0.05) is 6.07 Å². The van der Waals surface area contributed by atoms with E-state index in [-0.39, 0.29) is 18.0 Å². The Morgan fingerprint density at radius 2 is 2.21 bits per heavy atom. The lowest BCUT2D eigenvalue weighted by Gasteiger charge is -2.18. The highest BCUT2D eigenvalue weighted by Crippen LogP contribution is 2.27. The van der Waals surface area contributed by atoms with Gasteiger partial charge in [0.05, 0.1) is 23.5 Å². The zero-order valence-corrected chi connectivity index (χ0v) is 7.10. The van der Waals surface area contributed by atoms with Crippen LogP contribution >= 0.6 is 0 Å². The van der Waals surface area contributed by atoms with E-state index in [2.05, 4.69) is 10.6 Å². The third-order valence-electron chi connectivity index (χ3n) is 1.94. The van der Waals surface area contributed by atoms with Gasteiger partial charge < -0.3 is 10.6 Å². The Hall–Kier alpha value is -2.09. The SMILES string of the molecule is N#Cc1cc2c(cc1F)NC(=O)CN2. The van der Waals surface area contributed by atoms with Crippen LogP contribution in [0.25, 0.3) is 0 Å². The summed E-state index contributed by atoms with van der Waals surface area (Å²) >= 11 is 0. The summed E-state index contributed by atoms with van der Waals surface area (Å²) in [6.07, 6.45) is 0. The maximum atomic E-state index is 13.1. The molecule has 1 aliphatic rings. The molecule has 0 aromatic heterocycles. The van der Waals surface area contributed by atoms with Gasteiger partial charge in [-0.15, -0.1) is 0 Å². The Labute approximate surface area is 79.3 Å². The van der Waals surface area contributed by atoms with Gasteiger partial charge in [-0.05, 0) is 6.07 Å². The molecule has 1 aromatic rings. The molecule has 0 spiro atoms. The van der Waals surface area contributed by atoms with Crippen molar-refractivity contribution in [3.05, 3.63) is 23.5 Å². The fraction of sp³-hybridized carbons (Fsp3) is 0.111. The number of anilines is 2. The number of carbonyl (C=O) groups is 1. The second-order valence-corrected chi connectivity index (χ2v) is 2.89. The summed E-state index contributed by atoms with van der Waals surface area (Å²) < 4.78 is 13.1. The molecular formula is C9H6FN3O. The van der Waals surface area contributed by atoms with E-state index >= 15 is 0 Å². The highest BCUT2D eigenvalue weighted by atomic mass is 19.1. The number of carbonyl (C=O) groups excluding carboxylic acids is 1. The Morgan fingerprint density at radius 3 is 2.93 bits per heavy atom. The number of nitrogens with zero attached hydrogens (tertiary/aromatic N) is 1. The normalized spacial score (nSPS) is 13.6. The molecule has 1 heterocycles. The average molecular weight is 191 g/mol. The molecule has 0 saturated carbocycles. The molecule has 0 radical (unpaired) electrons. The fourth-order valence-electron chi connectivity index (χ4n) is 1.28. The Morgan fingerprint density at radius 1 is 1.43 bits per heavy atom. The molecule has 1 aliphatic heterocycles. The van der Waals surface area contributed by atoms with Crippen LogP contribution in [0, 0.1) is 17.1 Å². The summed E-state index contributed by atoms with van der Waals surface area (Å²) in [6.45, 7) is 0.142. The number of rotatable bonds is 0. The van der Waals surface area contributed by atoms with Crippen molar-refractivity contribution in [2.75, 3.05) is 17.2 Å². The number of hydrogen-bond donors (Lipinski definition) is 2. The van der Waals surface area contributed by atoms with E-state index in [1.807, 2.05) is 0 Å². The predicted octanol–water partition coefficient (Wildman–Crippen LogP) is 1.06. The first-order chi connectivity index (χ1) is 6.70. The highest BCUT2D eigenvalue weighted by Gasteiger charge is 2.16. The summed E-state index contributed by atoms with van der Waals surface area (Å²) in [5.41, 5.74) is 0.910. The smallest absolute Gasteiger partial charge is 0.243 e. The highest BCUT2D eigenvalue weighted by molar-refractivity contribution is 6.00. The van der Waals surface area contributed by atoms with Crippen LogP contribution in [0.4, 0.5) is 15.8 Å². The van der Waals surface area contributed by atoms with Gasteiger partial charge in [-0.25, -0.2) is 4.39 Å². The standard InChI is InChI=1S/C9H6FN3O/c10-6-2-8-7(1-5(6)3-11)12-4-9(14)13-8/h1-2,12H,4H2,(H,13,14). The van der Waals surface area contributed by atoms with E-state index in [0.717, 1.165) is 6.07 Å². The first-order valence-corrected chi connectivity index (χ1v) is 3.98. The molecule has 0 saturated heterocycles. The van der Waals surface area contributed by atoms with Crippen LogP contribution in [-0.4, -0.2) is 12.5 Å². The third-order valence-corrected chi connectivity index (χ3v) is 1.94. The number of fused-ring (bicyclic) bond motifs is 1. The van der Waals surface area contributed by atoms with Crippen LogP contribution < -0.4 is 10.6 Å². The Balaban J connectivity index is 2.52. The van der Waals surface area contributed by atoms with Gasteiger partial charge >= 0.3 is 0 Å². The summed E-state index contributed by atoms with van der Waals surface area (Å²) in [7, 11) is 0. The molecular weight excluding hydrogens is 185 g/mol. The summed E-state index contributed by atoms with van der Waals surface area (Å²) in [6, 6.07) is 4.24. The van der Waals surface area contributed by atoms with E-state index in [4.69, 9.17) is 5.26 Å². The third kappa shape index (κ3) is 1.27. The van der Waals surface area contributed by atoms with Crippen LogP contribution in [0.3, 0.4) is 0 Å². The molecule has 0 bridgehead atoms. The van der Waals surface area contributed by atoms with Crippen LogP contribution in [0.1, 0.15) is 5.56 Å². The number of nitrogens with one attached hydrogen (secondary N) is 2. The molecule has 1 aromatic carbocycles. The molecule has 0 unspecified atom stereocenters. The number of benzene rings is 1. The van der Waals surface area contributed by atoms with Gasteiger partial charge in [0.15, 0.2) is 0 Å². The lowest BCUT2D eigenvalue weighted by molar-refractivity contribution is -0.114. The van der Waals surface area contributed by atoms with E-state index in [1.165, 1.54) is 6.07 Å². The number of amides is 1. The molecule has 0 fully saturated rings. The lowest BCUT2D eigenvalue weighted by Crippen LogP contribution is -2.27. The zero-order chi connectivity index (χ0) is 10.1. The lowest BCUT2D eigenvalue weighted by atomic mass is 10.1. The molecule has 4 nitrogen and oxygen atoms in total. The van der Waals surface area contributed by atoms with E-state index < -0.39 is 5.82 Å². The van der Waals surface area contributed by atoms with Crippen LogP contribution in [0.5, 0.6) is 0 Å². The van der Waals surface area contributed by atoms with E-state index in [0.29, 0.717) is 11.4 Å². The minimum absolute atomic E-state index is 0.0348. The van der Waals surface area contributed by atoms with Crippen molar-refractivity contribution < 1.29 is 9.18 Å². The molecule has 0 aliphatic carbocycles. The molecule has 0 atom stereocenters. The van der Waals surface area contributed by atoms with Crippen LogP contribution in [0.2, 0.25) is 0 Å². The molecule has 1 amide bonds. The molecule has 2 rings (SSSR count). The predicted molar refractivity (Wildman–Crippen MR) is 48.2 cm³/mol. The largest absolute Gasteiger partial charge is 0.374 e. The van der Waals surface area contributed by atoms with Gasteiger partial charge in [-0.1, -0.05) is 0 Å². The Kier molecular flexibility index (Phi) is 1.82. The zero-order valence-electron chi connectivity index (χ0n) is 7.10. The quantitative estimate of drug-likeness (QED) is 0.644. The van der Waals surface area contributed by atoms with Gasteiger partial charge in [-0.2, -0.15) is 5.26 Å². The van der Waals surface area contributed by atoms with Crippen molar-refractivity contribution in [1.82, 2.24) is 0 Å². The van der Waals surface area contributed by atoms with E-state index in [1.54, 1.807) is 6.07 Å². The number of halogens is 1. The topological polar surface area (TPSA) is 64.9 Å². The minimum Gasteiger partial charge on any atom is -0.374 e. The number of nitriles is 1. The summed E-state index contributed by atoms with van der Waals surface area (Å²) in [5, 5.41) is 13.9. The van der Waals surface area contributed by atoms with Gasteiger partial charge in [0.1, 0.15) is 11.9 Å². The van der Waals surface area contributed by atoms with Gasteiger partial charge in [0.25, 0.3) is 0 Å². The van der Waals surface area contributed by atoms with Crippen LogP contribution in [0.15, 0.2) is 12.1 Å². The molecule has 2 N–H and O–H groups in total. The van der Waals surface area contributed by atoms with Crippen molar-refractivity contribution in [2.45, 2.75) is 0 Å². The maximum absolute atomic E-state index is 13.1. The molecule has 70 valence electrons. The molecule has 5 heteroatoms. The van der Waals surface area contributed by atoms with Crippen molar-refractivity contribution in [1.29, 1.82) is 5.26 Å². The van der Waals surface area contributed by atoms with Gasteiger partial charge in [-0.3, -0.25) is 4.79 Å². The Bertz CT molecular complexity index is 450. The minimum atomic E-state index is -0.629. The second-order valence-electron chi connectivity index (χ2n) is 2.89. The monoisotopic (exact) mass is 191 g/mol. The van der Waals surface area contributed by atoms with Gasteiger partial charge in [0.2, 0.25) is 5.91 Å². The first-order valence-electron chi connectivity index (χ1n) is 3.98. The van der Waals surface area contributed by atoms with Crippen molar-refractivity contribution in [3.8, 4) is 6.07 Å². The maximum Gasteiger partial charge on any atom is 0.243 e. The van der Waals surface area contributed by atoms with Crippen molar-refractivity contribution in [2.24, 2.45) is 0 Å². The van der Waals surface area contributed by atoms with E-state index in [9.17, 15) is 9.18 Å². The molecule has 14 heavy (non-hydrogen) atoms. The first kappa shape index (κ1) is 8.51. The average Bonchev–Trinajstić information content (AvgIpc) is 2.16. The number of hydrogen-bond acceptors (Lipinski definition) is 3. The summed E-state index contributed by atoms with van der Waals surface area (Å²) in [4.78, 5) is 10.9. The second kappa shape index (κ2) is 3.00. The summed E-state index contributed by atoms with van der Waals surface area (Å²) in [5.74, 6) is -0.850. The van der Waals surface area contributed by atoms with Crippen molar-refractivity contribution in [3.63, 3.8) is 0 Å².